The standard InChI is InChI=1S/C13H15ClN2O3/c14-9-3-5-10(6-4-9)15-12(18)13(19)16-7-1-2-11(17)8-16/h3-6,11,17H,1-2,7-8H2,(H,15,18). The van der Waals surface area contributed by atoms with Gasteiger partial charge in [-0.1, -0.05) is 11.6 Å². The Morgan fingerprint density at radius 3 is 2.63 bits per heavy atom. The molecule has 1 heterocycles. The number of nitrogens with one attached hydrogen (secondary N) is 1. The van der Waals surface area contributed by atoms with Gasteiger partial charge in [0.25, 0.3) is 0 Å². The molecule has 19 heavy (non-hydrogen) atoms. The predicted molar refractivity (Wildman–Crippen MR) is 71.9 cm³/mol. The van der Waals surface area contributed by atoms with Gasteiger partial charge in [0.05, 0.1) is 6.10 Å². The molecule has 0 radical (unpaired) electrons. The summed E-state index contributed by atoms with van der Waals surface area (Å²) >= 11 is 5.73. The van der Waals surface area contributed by atoms with Crippen molar-refractivity contribution >= 4 is 29.1 Å². The summed E-state index contributed by atoms with van der Waals surface area (Å²) in [5, 5.41) is 12.6. The lowest BCUT2D eigenvalue weighted by molar-refractivity contribution is -0.145. The van der Waals surface area contributed by atoms with Gasteiger partial charge < -0.3 is 15.3 Å². The fourth-order valence-corrected chi connectivity index (χ4v) is 2.13. The van der Waals surface area contributed by atoms with Crippen LogP contribution in [0, 0.1) is 0 Å². The van der Waals surface area contributed by atoms with E-state index in [4.69, 9.17) is 11.6 Å². The molecular formula is C13H15ClN2O3. The number of benzene rings is 1. The summed E-state index contributed by atoms with van der Waals surface area (Å²) in [6.45, 7) is 0.719. The van der Waals surface area contributed by atoms with Gasteiger partial charge in [-0.25, -0.2) is 0 Å². The second kappa shape index (κ2) is 6.04. The Hall–Kier alpha value is -1.59. The Morgan fingerprint density at radius 2 is 2.00 bits per heavy atom. The average Bonchev–Trinajstić information content (AvgIpc) is 2.40. The van der Waals surface area contributed by atoms with Gasteiger partial charge in [0.2, 0.25) is 0 Å². The van der Waals surface area contributed by atoms with Gasteiger partial charge >= 0.3 is 11.8 Å². The number of halogens is 1. The number of carbonyl (C=O) groups is 2. The molecule has 0 aromatic heterocycles. The van der Waals surface area contributed by atoms with Crippen molar-refractivity contribution in [3.05, 3.63) is 29.3 Å². The first-order valence-electron chi connectivity index (χ1n) is 6.10. The van der Waals surface area contributed by atoms with Crippen LogP contribution < -0.4 is 5.32 Å². The monoisotopic (exact) mass is 282 g/mol. The predicted octanol–water partition coefficient (Wildman–Crippen LogP) is 1.26. The number of likely N-dealkylation sites (tertiary alicyclic amines) is 1. The normalized spacial score (nSPS) is 19.1. The van der Waals surface area contributed by atoms with Crippen molar-refractivity contribution in [3.8, 4) is 0 Å². The van der Waals surface area contributed by atoms with Gasteiger partial charge in [0.1, 0.15) is 0 Å². The molecule has 0 aliphatic carbocycles. The van der Waals surface area contributed by atoms with Gasteiger partial charge in [-0.3, -0.25) is 9.59 Å². The number of rotatable bonds is 1. The summed E-state index contributed by atoms with van der Waals surface area (Å²) in [6.07, 6.45) is 0.838. The molecule has 102 valence electrons. The summed E-state index contributed by atoms with van der Waals surface area (Å²) in [5.41, 5.74) is 0.514. The van der Waals surface area contributed by atoms with Crippen LogP contribution in [-0.2, 0) is 9.59 Å². The second-order valence-electron chi connectivity index (χ2n) is 4.51. The Labute approximate surface area is 116 Å². The van der Waals surface area contributed by atoms with Crippen molar-refractivity contribution < 1.29 is 14.7 Å². The van der Waals surface area contributed by atoms with Gasteiger partial charge in [-0.15, -0.1) is 0 Å². The van der Waals surface area contributed by atoms with Gasteiger partial charge in [-0.2, -0.15) is 0 Å². The van der Waals surface area contributed by atoms with E-state index in [-0.39, 0.29) is 6.54 Å². The number of β-amino-alcohol motifs (C(OH)–C–C–N with tert-alkyl or cyclic N) is 1. The summed E-state index contributed by atoms with van der Waals surface area (Å²) in [6, 6.07) is 6.51. The summed E-state index contributed by atoms with van der Waals surface area (Å²) < 4.78 is 0. The van der Waals surface area contributed by atoms with Crippen molar-refractivity contribution in [2.24, 2.45) is 0 Å². The molecule has 1 aliphatic rings. The molecule has 2 N–H and O–H groups in total. The lowest BCUT2D eigenvalue weighted by atomic mass is 10.1. The highest BCUT2D eigenvalue weighted by molar-refractivity contribution is 6.39. The molecule has 1 atom stereocenters. The molecule has 0 saturated carbocycles. The zero-order valence-electron chi connectivity index (χ0n) is 10.3. The minimum Gasteiger partial charge on any atom is -0.391 e. The van der Waals surface area contributed by atoms with E-state index in [1.54, 1.807) is 24.3 Å². The minimum atomic E-state index is -0.698. The Kier molecular flexibility index (Phi) is 4.39. The number of nitrogens with zero attached hydrogens (tertiary/aromatic N) is 1. The van der Waals surface area contributed by atoms with Crippen molar-refractivity contribution in [1.29, 1.82) is 0 Å². The van der Waals surface area contributed by atoms with E-state index in [9.17, 15) is 14.7 Å². The highest BCUT2D eigenvalue weighted by atomic mass is 35.5. The van der Waals surface area contributed by atoms with Gasteiger partial charge in [0, 0.05) is 23.8 Å². The molecule has 2 rings (SSSR count). The van der Waals surface area contributed by atoms with Crippen LogP contribution in [0.5, 0.6) is 0 Å². The quantitative estimate of drug-likeness (QED) is 0.762. The van der Waals surface area contributed by atoms with Crippen LogP contribution in [0.2, 0.25) is 5.02 Å². The molecule has 1 aliphatic heterocycles. The van der Waals surface area contributed by atoms with E-state index in [2.05, 4.69) is 5.32 Å². The van der Waals surface area contributed by atoms with E-state index in [1.807, 2.05) is 0 Å². The molecule has 0 bridgehead atoms. The van der Waals surface area contributed by atoms with E-state index >= 15 is 0 Å². The van der Waals surface area contributed by atoms with Crippen molar-refractivity contribution in [2.45, 2.75) is 18.9 Å². The lowest BCUT2D eigenvalue weighted by Crippen LogP contribution is -2.46. The van der Waals surface area contributed by atoms with Gasteiger partial charge in [-0.05, 0) is 37.1 Å². The van der Waals surface area contributed by atoms with Crippen LogP contribution >= 0.6 is 11.6 Å². The summed E-state index contributed by atoms with van der Waals surface area (Å²) in [7, 11) is 0. The van der Waals surface area contributed by atoms with Crippen LogP contribution in [-0.4, -0.2) is 41.0 Å². The highest BCUT2D eigenvalue weighted by Gasteiger charge is 2.26. The molecule has 1 saturated heterocycles. The molecule has 2 amide bonds. The third kappa shape index (κ3) is 3.68. The fraction of sp³-hybridized carbons (Fsp3) is 0.385. The lowest BCUT2D eigenvalue weighted by Gasteiger charge is -2.29. The zero-order chi connectivity index (χ0) is 13.8. The molecular weight excluding hydrogens is 268 g/mol. The van der Waals surface area contributed by atoms with Crippen LogP contribution in [0.3, 0.4) is 0 Å². The van der Waals surface area contributed by atoms with Crippen LogP contribution in [0.15, 0.2) is 24.3 Å². The Morgan fingerprint density at radius 1 is 1.32 bits per heavy atom. The van der Waals surface area contributed by atoms with E-state index < -0.39 is 17.9 Å². The van der Waals surface area contributed by atoms with Crippen molar-refractivity contribution in [3.63, 3.8) is 0 Å². The number of amides is 2. The largest absolute Gasteiger partial charge is 0.391 e. The summed E-state index contributed by atoms with van der Waals surface area (Å²) in [4.78, 5) is 25.1. The molecule has 5 nitrogen and oxygen atoms in total. The maximum atomic E-state index is 11.9. The van der Waals surface area contributed by atoms with E-state index in [1.165, 1.54) is 4.90 Å². The maximum absolute atomic E-state index is 11.9. The number of piperidine rings is 1. The average molecular weight is 283 g/mol. The zero-order valence-corrected chi connectivity index (χ0v) is 11.1. The molecule has 1 unspecified atom stereocenters. The fourth-order valence-electron chi connectivity index (χ4n) is 2.00. The first-order valence-corrected chi connectivity index (χ1v) is 6.48. The number of anilines is 1. The SMILES string of the molecule is O=C(Nc1ccc(Cl)cc1)C(=O)N1CCCC(O)C1. The molecule has 0 spiro atoms. The molecule has 1 aromatic rings. The molecule has 1 aromatic carbocycles. The van der Waals surface area contributed by atoms with Crippen LogP contribution in [0.25, 0.3) is 0 Å². The third-order valence-electron chi connectivity index (χ3n) is 2.98. The number of hydrogen-bond acceptors (Lipinski definition) is 3. The van der Waals surface area contributed by atoms with Crippen molar-refractivity contribution in [1.82, 2.24) is 4.90 Å². The topological polar surface area (TPSA) is 69.6 Å². The Balaban J connectivity index is 1.95. The van der Waals surface area contributed by atoms with Crippen molar-refractivity contribution in [2.75, 3.05) is 18.4 Å². The molecule has 1 fully saturated rings. The highest BCUT2D eigenvalue weighted by Crippen LogP contribution is 2.14. The Bertz CT molecular complexity index is 475. The molecule has 6 heteroatoms. The third-order valence-corrected chi connectivity index (χ3v) is 3.23. The number of hydrogen-bond donors (Lipinski definition) is 2. The second-order valence-corrected chi connectivity index (χ2v) is 4.94. The van der Waals surface area contributed by atoms with Crippen LogP contribution in [0.1, 0.15) is 12.8 Å². The van der Waals surface area contributed by atoms with Gasteiger partial charge in [0.15, 0.2) is 0 Å². The first kappa shape index (κ1) is 13.8. The number of aliphatic hydroxyl groups excluding tert-OH is 1. The number of aliphatic hydroxyl groups is 1. The summed E-state index contributed by atoms with van der Waals surface area (Å²) in [5.74, 6) is -1.31. The minimum absolute atomic E-state index is 0.215. The first-order chi connectivity index (χ1) is 9.06. The number of carbonyl (C=O) groups excluding carboxylic acids is 2. The maximum Gasteiger partial charge on any atom is 0.313 e. The smallest absolute Gasteiger partial charge is 0.313 e. The van der Waals surface area contributed by atoms with Crippen LogP contribution in [0.4, 0.5) is 5.69 Å². The van der Waals surface area contributed by atoms with E-state index in [0.717, 1.165) is 0 Å². The van der Waals surface area contributed by atoms with E-state index in [0.29, 0.717) is 30.1 Å².